The number of hydrogen-bond acceptors (Lipinski definition) is 4. The van der Waals surface area contributed by atoms with Crippen molar-refractivity contribution in [1.82, 2.24) is 0 Å². The van der Waals surface area contributed by atoms with E-state index in [1.54, 1.807) is 0 Å². The molecule has 1 heterocycles. The van der Waals surface area contributed by atoms with Gasteiger partial charge in [-0.15, -0.1) is 0 Å². The lowest BCUT2D eigenvalue weighted by Gasteiger charge is -2.22. The van der Waals surface area contributed by atoms with Gasteiger partial charge in [-0.05, 0) is 62.9 Å². The zero-order valence-electron chi connectivity index (χ0n) is 25.1. The maximum Gasteiger partial charge on any atom is 0.136 e. The highest BCUT2D eigenvalue weighted by atomic mass is 16.3. The molecule has 2 atom stereocenters. The zero-order chi connectivity index (χ0) is 30.3. The molecule has 7 aromatic rings. The molecule has 0 bridgehead atoms. The summed E-state index contributed by atoms with van der Waals surface area (Å²) in [5.41, 5.74) is 14.6. The molecule has 6 aromatic carbocycles. The Balaban J connectivity index is 1.31. The van der Waals surface area contributed by atoms with Crippen LogP contribution in [0.25, 0.3) is 54.6 Å². The van der Waals surface area contributed by atoms with E-state index < -0.39 is 0 Å². The fourth-order valence-electron chi connectivity index (χ4n) is 6.62. The second kappa shape index (κ2) is 11.2. The Kier molecular flexibility index (Phi) is 6.77. The van der Waals surface area contributed by atoms with Crippen LogP contribution in [-0.4, -0.2) is 18.3 Å². The van der Waals surface area contributed by atoms with E-state index in [4.69, 9.17) is 15.1 Å². The first-order chi connectivity index (χ1) is 22.2. The Morgan fingerprint density at radius 1 is 0.756 bits per heavy atom. The first-order valence-electron chi connectivity index (χ1n) is 15.5. The summed E-state index contributed by atoms with van der Waals surface area (Å²) < 4.78 is 6.47. The number of allylic oxidation sites excluding steroid dienone is 2. The average molecular weight is 584 g/mol. The second-order valence-electron chi connectivity index (χ2n) is 11.8. The summed E-state index contributed by atoms with van der Waals surface area (Å²) in [5.74, 6) is 0.229. The smallest absolute Gasteiger partial charge is 0.136 e. The Morgan fingerprint density at radius 2 is 1.47 bits per heavy atom. The number of furan rings is 1. The first kappa shape index (κ1) is 27.1. The summed E-state index contributed by atoms with van der Waals surface area (Å²) in [5, 5.41) is 10.8. The van der Waals surface area contributed by atoms with E-state index >= 15 is 0 Å². The first-order valence-corrected chi connectivity index (χ1v) is 15.5. The highest BCUT2D eigenvalue weighted by Gasteiger charge is 2.20. The number of rotatable bonds is 6. The maximum absolute atomic E-state index is 6.59. The van der Waals surface area contributed by atoms with Crippen molar-refractivity contribution in [3.8, 4) is 11.1 Å². The van der Waals surface area contributed by atoms with Gasteiger partial charge in [0.25, 0.3) is 0 Å². The minimum atomic E-state index is -0.146. The van der Waals surface area contributed by atoms with Crippen molar-refractivity contribution < 1.29 is 4.42 Å². The highest BCUT2D eigenvalue weighted by Crippen LogP contribution is 2.44. The topological polar surface area (TPSA) is 63.5 Å². The fraction of sp³-hybridized carbons (Fsp3) is 0.0976. The fourth-order valence-corrected chi connectivity index (χ4v) is 6.62. The van der Waals surface area contributed by atoms with Crippen LogP contribution in [0.3, 0.4) is 0 Å². The molecule has 0 saturated heterocycles. The standard InChI is InChI=1S/C41H33N3O/c1-26-12-11-20-35(41(26)42)44-36(28-14-3-2-4-15-28)25-43-34-23-22-27-13-5-6-16-29(27)39(34)33-24-38-40(31-18-8-7-17-30(31)33)32-19-9-10-21-37(32)45-38/h2-24,26,41,43H,25,42H2,1H3. The molecule has 218 valence electrons. The van der Waals surface area contributed by atoms with Crippen LogP contribution in [0, 0.1) is 5.92 Å². The molecule has 0 spiro atoms. The van der Waals surface area contributed by atoms with Gasteiger partial charge in [0, 0.05) is 22.0 Å². The van der Waals surface area contributed by atoms with Gasteiger partial charge in [-0.3, -0.25) is 4.99 Å². The molecule has 1 aliphatic carbocycles. The molecule has 0 radical (unpaired) electrons. The number of nitrogens with one attached hydrogen (secondary N) is 1. The van der Waals surface area contributed by atoms with Gasteiger partial charge in [-0.2, -0.15) is 0 Å². The Labute approximate surface area is 262 Å². The van der Waals surface area contributed by atoms with Gasteiger partial charge in [0.2, 0.25) is 0 Å². The lowest BCUT2D eigenvalue weighted by Crippen LogP contribution is -2.31. The van der Waals surface area contributed by atoms with Crippen molar-refractivity contribution in [2.24, 2.45) is 16.6 Å². The van der Waals surface area contributed by atoms with Gasteiger partial charge >= 0.3 is 0 Å². The predicted molar refractivity (Wildman–Crippen MR) is 190 cm³/mol. The minimum Gasteiger partial charge on any atom is -0.456 e. The molecule has 8 rings (SSSR count). The van der Waals surface area contributed by atoms with Crippen LogP contribution in [0.4, 0.5) is 5.69 Å². The third kappa shape index (κ3) is 4.80. The second-order valence-corrected chi connectivity index (χ2v) is 11.8. The number of aliphatic imine (C=N–C) groups is 1. The van der Waals surface area contributed by atoms with Crippen LogP contribution in [-0.2, 0) is 0 Å². The van der Waals surface area contributed by atoms with Gasteiger partial charge in [-0.25, -0.2) is 0 Å². The Hall–Kier alpha value is -5.45. The van der Waals surface area contributed by atoms with Gasteiger partial charge in [0.15, 0.2) is 0 Å². The number of nitrogens with zero attached hydrogens (tertiary/aromatic N) is 1. The van der Waals surface area contributed by atoms with Gasteiger partial charge in [0.05, 0.1) is 24.0 Å². The van der Waals surface area contributed by atoms with Crippen molar-refractivity contribution in [1.29, 1.82) is 0 Å². The third-order valence-electron chi connectivity index (χ3n) is 8.99. The molecule has 3 N–H and O–H groups in total. The number of hydrogen-bond donors (Lipinski definition) is 2. The van der Waals surface area contributed by atoms with Gasteiger partial charge in [-0.1, -0.05) is 122 Å². The summed E-state index contributed by atoms with van der Waals surface area (Å²) in [6.45, 7) is 2.66. The summed E-state index contributed by atoms with van der Waals surface area (Å²) in [6.07, 6.45) is 6.22. The molecular weight excluding hydrogens is 550 g/mol. The monoisotopic (exact) mass is 583 g/mol. The molecule has 4 nitrogen and oxygen atoms in total. The van der Waals surface area contributed by atoms with Crippen molar-refractivity contribution in [2.45, 2.75) is 13.0 Å². The van der Waals surface area contributed by atoms with Crippen molar-refractivity contribution in [2.75, 3.05) is 11.9 Å². The van der Waals surface area contributed by atoms with Crippen LogP contribution < -0.4 is 11.1 Å². The Bertz CT molecular complexity index is 2310. The molecule has 1 aliphatic rings. The summed E-state index contributed by atoms with van der Waals surface area (Å²) in [7, 11) is 0. The van der Waals surface area contributed by atoms with Gasteiger partial charge in [0.1, 0.15) is 11.2 Å². The summed E-state index contributed by atoms with van der Waals surface area (Å²) >= 11 is 0. The molecule has 4 heteroatoms. The van der Waals surface area contributed by atoms with Gasteiger partial charge < -0.3 is 15.5 Å². The third-order valence-corrected chi connectivity index (χ3v) is 8.99. The van der Waals surface area contributed by atoms with E-state index in [0.29, 0.717) is 6.54 Å². The molecule has 0 aliphatic heterocycles. The van der Waals surface area contributed by atoms with Crippen LogP contribution in [0.5, 0.6) is 0 Å². The maximum atomic E-state index is 6.59. The molecule has 0 amide bonds. The summed E-state index contributed by atoms with van der Waals surface area (Å²) in [6, 6.07) is 42.3. The largest absolute Gasteiger partial charge is 0.456 e. The molecular formula is C41H33N3O. The lowest BCUT2D eigenvalue weighted by atomic mass is 9.90. The lowest BCUT2D eigenvalue weighted by molar-refractivity contribution is 0.592. The molecule has 0 saturated carbocycles. The number of para-hydroxylation sites is 1. The summed E-state index contributed by atoms with van der Waals surface area (Å²) in [4.78, 5) is 5.16. The normalized spacial score (nSPS) is 16.9. The predicted octanol–water partition coefficient (Wildman–Crippen LogP) is 9.88. The highest BCUT2D eigenvalue weighted by molar-refractivity contribution is 6.24. The minimum absolute atomic E-state index is 0.146. The SMILES string of the molecule is CC1C=CC=C(N=C(CNc2ccc3ccccc3c2-c2cc3oc4ccccc4c3c3ccccc23)c2ccccc2)C1N. The number of anilines is 1. The van der Waals surface area contributed by atoms with Crippen molar-refractivity contribution >= 4 is 54.9 Å². The molecule has 45 heavy (non-hydrogen) atoms. The Morgan fingerprint density at radius 3 is 2.31 bits per heavy atom. The molecule has 1 aromatic heterocycles. The van der Waals surface area contributed by atoms with Crippen molar-refractivity contribution in [3.63, 3.8) is 0 Å². The van der Waals surface area contributed by atoms with Crippen LogP contribution in [0.1, 0.15) is 12.5 Å². The van der Waals surface area contributed by atoms with E-state index in [1.807, 2.05) is 24.3 Å². The molecule has 0 fully saturated rings. The number of benzene rings is 6. The zero-order valence-corrected chi connectivity index (χ0v) is 25.1. The van der Waals surface area contributed by atoms with Crippen LogP contribution in [0.15, 0.2) is 155 Å². The average Bonchev–Trinajstić information content (AvgIpc) is 3.47. The van der Waals surface area contributed by atoms with Crippen molar-refractivity contribution in [3.05, 3.63) is 151 Å². The number of nitrogens with two attached hydrogens (primary N) is 1. The van der Waals surface area contributed by atoms with Crippen LogP contribution in [0.2, 0.25) is 0 Å². The molecule has 2 unspecified atom stereocenters. The van der Waals surface area contributed by atoms with E-state index in [2.05, 4.69) is 128 Å². The quantitative estimate of drug-likeness (QED) is 0.192. The van der Waals surface area contributed by atoms with E-state index in [9.17, 15) is 0 Å². The van der Waals surface area contributed by atoms with E-state index in [1.165, 1.54) is 21.5 Å². The van der Waals surface area contributed by atoms with Crippen LogP contribution >= 0.6 is 0 Å². The van der Waals surface area contributed by atoms with E-state index in [-0.39, 0.29) is 12.0 Å². The van der Waals surface area contributed by atoms with E-state index in [0.717, 1.165) is 55.7 Å². The number of fused-ring (bicyclic) bond motifs is 6.